The summed E-state index contributed by atoms with van der Waals surface area (Å²) < 4.78 is 2.05. The SMILES string of the molecule is C[n+]1[nH]c2ncccc2c1C(C)(C)C. The van der Waals surface area contributed by atoms with Gasteiger partial charge in [0.05, 0.1) is 5.39 Å². The number of nitrogens with one attached hydrogen (secondary N) is 1. The summed E-state index contributed by atoms with van der Waals surface area (Å²) >= 11 is 0. The second-order valence-corrected chi connectivity index (χ2v) is 4.67. The normalized spacial score (nSPS) is 12.3. The van der Waals surface area contributed by atoms with Gasteiger partial charge in [0.15, 0.2) is 12.7 Å². The third kappa shape index (κ3) is 1.29. The van der Waals surface area contributed by atoms with Crippen molar-refractivity contribution in [1.82, 2.24) is 10.1 Å². The zero-order valence-electron chi connectivity index (χ0n) is 9.13. The van der Waals surface area contributed by atoms with Gasteiger partial charge in [-0.3, -0.25) is 0 Å². The zero-order chi connectivity index (χ0) is 10.3. The van der Waals surface area contributed by atoms with Crippen LogP contribution < -0.4 is 4.68 Å². The van der Waals surface area contributed by atoms with Gasteiger partial charge >= 0.3 is 0 Å². The minimum absolute atomic E-state index is 0.135. The maximum atomic E-state index is 4.30. The lowest BCUT2D eigenvalue weighted by Crippen LogP contribution is -2.39. The summed E-state index contributed by atoms with van der Waals surface area (Å²) in [5, 5.41) is 4.45. The minimum atomic E-state index is 0.135. The standard InChI is InChI=1S/C11H15N3/c1-11(2,3)9-8-6-5-7-12-10(8)13-14(9)4/h5-7H,1-4H3/p+1. The maximum Gasteiger partial charge on any atom is 0.222 e. The van der Waals surface area contributed by atoms with Gasteiger partial charge in [0.25, 0.3) is 0 Å². The van der Waals surface area contributed by atoms with E-state index in [0.29, 0.717) is 0 Å². The highest BCUT2D eigenvalue weighted by Crippen LogP contribution is 2.24. The fraction of sp³-hybridized carbons (Fsp3) is 0.455. The van der Waals surface area contributed by atoms with Crippen LogP contribution in [0.3, 0.4) is 0 Å². The molecule has 0 unspecified atom stereocenters. The predicted octanol–water partition coefficient (Wildman–Crippen LogP) is 1.68. The van der Waals surface area contributed by atoms with Gasteiger partial charge in [0.2, 0.25) is 5.69 Å². The molecule has 0 aliphatic carbocycles. The van der Waals surface area contributed by atoms with Crippen LogP contribution in [0.4, 0.5) is 0 Å². The number of hydrogen-bond acceptors (Lipinski definition) is 1. The Bertz CT molecular complexity index is 463. The molecule has 0 aliphatic heterocycles. The molecule has 0 bridgehead atoms. The molecule has 0 aliphatic rings. The summed E-state index contributed by atoms with van der Waals surface area (Å²) in [6.45, 7) is 6.63. The molecule has 0 saturated heterocycles. The highest BCUT2D eigenvalue weighted by Gasteiger charge is 2.29. The van der Waals surface area contributed by atoms with Crippen LogP contribution in [-0.4, -0.2) is 10.1 Å². The van der Waals surface area contributed by atoms with Crippen molar-refractivity contribution < 1.29 is 4.68 Å². The predicted molar refractivity (Wildman–Crippen MR) is 56.0 cm³/mol. The number of hydrogen-bond donors (Lipinski definition) is 1. The molecule has 14 heavy (non-hydrogen) atoms. The molecule has 0 fully saturated rings. The zero-order valence-corrected chi connectivity index (χ0v) is 9.13. The number of aromatic amines is 1. The van der Waals surface area contributed by atoms with Gasteiger partial charge in [-0.05, 0) is 12.1 Å². The molecule has 0 saturated carbocycles. The molecule has 0 amide bonds. The number of pyridine rings is 1. The first kappa shape index (κ1) is 9.19. The summed E-state index contributed by atoms with van der Waals surface area (Å²) in [5.74, 6) is 0. The monoisotopic (exact) mass is 190 g/mol. The molecule has 2 aromatic rings. The molecule has 0 atom stereocenters. The molecule has 2 aromatic heterocycles. The van der Waals surface area contributed by atoms with Crippen LogP contribution >= 0.6 is 0 Å². The summed E-state index contributed by atoms with van der Waals surface area (Å²) in [5.41, 5.74) is 2.39. The van der Waals surface area contributed by atoms with Crippen molar-refractivity contribution in [3.63, 3.8) is 0 Å². The van der Waals surface area contributed by atoms with E-state index < -0.39 is 0 Å². The molecule has 0 aromatic carbocycles. The molecule has 1 N–H and O–H groups in total. The van der Waals surface area contributed by atoms with Crippen molar-refractivity contribution in [1.29, 1.82) is 0 Å². The summed E-state index contributed by atoms with van der Waals surface area (Å²) in [6, 6.07) is 4.09. The number of nitrogens with zero attached hydrogens (tertiary/aromatic N) is 2. The van der Waals surface area contributed by atoms with Crippen molar-refractivity contribution in [2.75, 3.05) is 0 Å². The van der Waals surface area contributed by atoms with Crippen LogP contribution in [0.2, 0.25) is 0 Å². The second-order valence-electron chi connectivity index (χ2n) is 4.67. The smallest absolute Gasteiger partial charge is 0.222 e. The van der Waals surface area contributed by atoms with Gasteiger partial charge < -0.3 is 0 Å². The number of rotatable bonds is 0. The fourth-order valence-electron chi connectivity index (χ4n) is 1.99. The van der Waals surface area contributed by atoms with Gasteiger partial charge in [-0.25, -0.2) is 4.98 Å². The van der Waals surface area contributed by atoms with E-state index in [1.165, 1.54) is 11.1 Å². The number of aromatic nitrogens is 3. The molecule has 3 heteroatoms. The van der Waals surface area contributed by atoms with E-state index in [1.54, 1.807) is 0 Å². The average molecular weight is 190 g/mol. The quantitative estimate of drug-likeness (QED) is 0.630. The van der Waals surface area contributed by atoms with Gasteiger partial charge in [0.1, 0.15) is 0 Å². The van der Waals surface area contributed by atoms with E-state index in [4.69, 9.17) is 0 Å². The maximum absolute atomic E-state index is 4.30. The lowest BCUT2D eigenvalue weighted by molar-refractivity contribution is -0.734. The highest BCUT2D eigenvalue weighted by molar-refractivity contribution is 5.76. The highest BCUT2D eigenvalue weighted by atomic mass is 15.3. The summed E-state index contributed by atoms with van der Waals surface area (Å²) in [4.78, 5) is 4.30. The Morgan fingerprint density at radius 2 is 2.07 bits per heavy atom. The summed E-state index contributed by atoms with van der Waals surface area (Å²) in [7, 11) is 2.03. The Morgan fingerprint density at radius 1 is 1.36 bits per heavy atom. The van der Waals surface area contributed by atoms with Crippen LogP contribution in [0.5, 0.6) is 0 Å². The lowest BCUT2D eigenvalue weighted by Gasteiger charge is -2.11. The minimum Gasteiger partial charge on any atom is -0.234 e. The molecular formula is C11H16N3+. The average Bonchev–Trinajstić information content (AvgIpc) is 2.38. The molecular weight excluding hydrogens is 174 g/mol. The van der Waals surface area contributed by atoms with E-state index in [-0.39, 0.29) is 5.41 Å². The van der Waals surface area contributed by atoms with E-state index >= 15 is 0 Å². The molecule has 3 nitrogen and oxygen atoms in total. The Hall–Kier alpha value is -1.38. The van der Waals surface area contributed by atoms with E-state index in [9.17, 15) is 0 Å². The molecule has 74 valence electrons. The van der Waals surface area contributed by atoms with Crippen LogP contribution in [-0.2, 0) is 12.5 Å². The topological polar surface area (TPSA) is 32.6 Å². The first-order chi connectivity index (χ1) is 6.50. The van der Waals surface area contributed by atoms with E-state index in [0.717, 1.165) is 5.65 Å². The first-order valence-electron chi connectivity index (χ1n) is 4.83. The largest absolute Gasteiger partial charge is 0.234 e. The van der Waals surface area contributed by atoms with Crippen LogP contribution in [0, 0.1) is 0 Å². The first-order valence-corrected chi connectivity index (χ1v) is 4.83. The molecule has 0 spiro atoms. The van der Waals surface area contributed by atoms with Gasteiger partial charge in [0, 0.05) is 11.6 Å². The van der Waals surface area contributed by atoms with Gasteiger partial charge in [-0.1, -0.05) is 20.8 Å². The van der Waals surface area contributed by atoms with E-state index in [1.807, 2.05) is 19.3 Å². The fourth-order valence-corrected chi connectivity index (χ4v) is 1.99. The van der Waals surface area contributed by atoms with Crippen molar-refractivity contribution in [2.45, 2.75) is 26.2 Å². The van der Waals surface area contributed by atoms with Crippen molar-refractivity contribution in [3.8, 4) is 0 Å². The Labute approximate surface area is 83.8 Å². The second kappa shape index (κ2) is 2.80. The number of fused-ring (bicyclic) bond motifs is 1. The summed E-state index contributed by atoms with van der Waals surface area (Å²) in [6.07, 6.45) is 1.81. The van der Waals surface area contributed by atoms with Crippen molar-refractivity contribution in [2.24, 2.45) is 7.05 Å². The number of H-pyrrole nitrogens is 1. The Morgan fingerprint density at radius 3 is 2.71 bits per heavy atom. The molecule has 2 rings (SSSR count). The van der Waals surface area contributed by atoms with Crippen LogP contribution in [0.1, 0.15) is 26.5 Å². The Kier molecular flexibility index (Phi) is 1.84. The van der Waals surface area contributed by atoms with Crippen LogP contribution in [0.15, 0.2) is 18.3 Å². The molecule has 2 heterocycles. The number of aryl methyl sites for hydroxylation is 1. The third-order valence-electron chi connectivity index (χ3n) is 2.38. The van der Waals surface area contributed by atoms with Gasteiger partial charge in [-0.2, -0.15) is 0 Å². The lowest BCUT2D eigenvalue weighted by atomic mass is 9.90. The van der Waals surface area contributed by atoms with Crippen molar-refractivity contribution in [3.05, 3.63) is 24.0 Å². The van der Waals surface area contributed by atoms with Gasteiger partial charge in [-0.15, -0.1) is 9.78 Å². The van der Waals surface area contributed by atoms with E-state index in [2.05, 4.69) is 41.6 Å². The third-order valence-corrected chi connectivity index (χ3v) is 2.38. The molecule has 0 radical (unpaired) electrons. The Balaban J connectivity index is 2.81. The van der Waals surface area contributed by atoms with Crippen molar-refractivity contribution >= 4 is 11.0 Å². The van der Waals surface area contributed by atoms with Crippen LogP contribution in [0.25, 0.3) is 11.0 Å².